The molecule has 1 aliphatic carbocycles. The molecular formula is C29H52N2. The van der Waals surface area contributed by atoms with Crippen molar-refractivity contribution in [3.8, 4) is 0 Å². The largest absolute Gasteiger partial charge is 0.273 e. The topological polar surface area (TPSA) is 15.6 Å². The number of hydrogen-bond acceptors (Lipinski definition) is 2. The molecule has 0 N–H and O–H groups in total. The Morgan fingerprint density at radius 1 is 1.10 bits per heavy atom. The normalized spacial score (nSPS) is 15.6. The Hall–Kier alpha value is -2.09. The molecule has 0 heterocycles. The molecule has 0 radical (unpaired) electrons. The van der Waals surface area contributed by atoms with Crippen LogP contribution in [0.5, 0.6) is 0 Å². The average Bonchev–Trinajstić information content (AvgIpc) is 2.80. The van der Waals surface area contributed by atoms with Gasteiger partial charge in [-0.25, -0.2) is 0 Å². The number of rotatable bonds is 7. The van der Waals surface area contributed by atoms with Crippen LogP contribution >= 0.6 is 0 Å². The Kier molecular flexibility index (Phi) is 21.5. The SMILES string of the molecule is C/C=C\C(C)=C/C.C=NN(C)C1=C(C(=C)C(=C)C(=C)C(C)C)CC(C)CC1.CC.CC. The van der Waals surface area contributed by atoms with E-state index in [4.69, 9.17) is 0 Å². The maximum atomic E-state index is 4.28. The molecule has 1 unspecified atom stereocenters. The van der Waals surface area contributed by atoms with Crippen LogP contribution in [0, 0.1) is 11.8 Å². The molecule has 1 rings (SSSR count). The highest BCUT2D eigenvalue weighted by molar-refractivity contribution is 5.54. The minimum Gasteiger partial charge on any atom is -0.273 e. The van der Waals surface area contributed by atoms with E-state index >= 15 is 0 Å². The molecule has 0 bridgehead atoms. The molecule has 0 amide bonds. The number of allylic oxidation sites excluding steroid dienone is 9. The van der Waals surface area contributed by atoms with Gasteiger partial charge in [0.2, 0.25) is 0 Å². The van der Waals surface area contributed by atoms with E-state index in [0.717, 1.165) is 29.6 Å². The third-order valence-corrected chi connectivity index (χ3v) is 5.08. The fourth-order valence-corrected chi connectivity index (χ4v) is 2.93. The summed E-state index contributed by atoms with van der Waals surface area (Å²) in [6, 6.07) is 0. The summed E-state index contributed by atoms with van der Waals surface area (Å²) in [5.41, 5.74) is 6.86. The van der Waals surface area contributed by atoms with Crippen molar-refractivity contribution in [1.82, 2.24) is 5.01 Å². The van der Waals surface area contributed by atoms with Gasteiger partial charge in [0.15, 0.2) is 0 Å². The first kappa shape index (κ1) is 33.5. The molecule has 0 fully saturated rings. The molecule has 0 aliphatic heterocycles. The summed E-state index contributed by atoms with van der Waals surface area (Å²) in [5, 5.41) is 5.91. The summed E-state index contributed by atoms with van der Waals surface area (Å²) in [7, 11) is 1.95. The summed E-state index contributed by atoms with van der Waals surface area (Å²) >= 11 is 0. The van der Waals surface area contributed by atoms with Gasteiger partial charge in [-0.2, -0.15) is 5.10 Å². The standard InChI is InChI=1S/C18H28N2.C7H12.2C2H6/c1-12(2)14(4)15(5)16(6)17-11-13(3)9-10-18(17)20(8)19-7;1-4-6-7(3)5-2;2*1-2/h12-13H,4-7,9-11H2,1-3,8H3;4-6H,1-3H3;2*1-2H3/b;6-4-,7-5-;;. The Labute approximate surface area is 195 Å². The van der Waals surface area contributed by atoms with Crippen molar-refractivity contribution < 1.29 is 0 Å². The van der Waals surface area contributed by atoms with Crippen LogP contribution < -0.4 is 0 Å². The van der Waals surface area contributed by atoms with E-state index in [9.17, 15) is 0 Å². The Balaban J connectivity index is -0.000000598. The Bertz CT molecular complexity index is 642. The molecule has 0 aromatic heterocycles. The molecule has 0 saturated carbocycles. The van der Waals surface area contributed by atoms with Gasteiger partial charge in [0.1, 0.15) is 0 Å². The van der Waals surface area contributed by atoms with Crippen molar-refractivity contribution in [2.75, 3.05) is 7.05 Å². The quantitative estimate of drug-likeness (QED) is 0.224. The molecule has 1 aliphatic rings. The maximum absolute atomic E-state index is 4.28. The molecule has 178 valence electrons. The van der Waals surface area contributed by atoms with Crippen molar-refractivity contribution >= 4 is 6.72 Å². The van der Waals surface area contributed by atoms with Gasteiger partial charge in [-0.1, -0.05) is 92.0 Å². The summed E-state index contributed by atoms with van der Waals surface area (Å²) in [6.45, 7) is 36.9. The number of hydrazone groups is 1. The number of nitrogens with zero attached hydrogens (tertiary/aromatic N) is 2. The average molecular weight is 429 g/mol. The molecule has 0 aromatic carbocycles. The lowest BCUT2D eigenvalue weighted by Gasteiger charge is -2.31. The second kappa shape index (κ2) is 19.8. The first-order valence-electron chi connectivity index (χ1n) is 11.9. The maximum Gasteiger partial charge on any atom is 0.0402 e. The second-order valence-electron chi connectivity index (χ2n) is 7.61. The van der Waals surface area contributed by atoms with Crippen molar-refractivity contribution in [2.24, 2.45) is 16.9 Å². The van der Waals surface area contributed by atoms with Crippen molar-refractivity contribution in [1.29, 1.82) is 0 Å². The van der Waals surface area contributed by atoms with E-state index in [2.05, 4.69) is 71.4 Å². The third kappa shape index (κ3) is 13.0. The monoisotopic (exact) mass is 428 g/mol. The van der Waals surface area contributed by atoms with E-state index in [1.807, 2.05) is 59.7 Å². The van der Waals surface area contributed by atoms with Crippen LogP contribution in [0.3, 0.4) is 0 Å². The molecule has 2 nitrogen and oxygen atoms in total. The number of hydrogen-bond donors (Lipinski definition) is 0. The first-order chi connectivity index (χ1) is 14.6. The van der Waals surface area contributed by atoms with Gasteiger partial charge < -0.3 is 0 Å². The van der Waals surface area contributed by atoms with Crippen LogP contribution in [-0.4, -0.2) is 18.8 Å². The first-order valence-corrected chi connectivity index (χ1v) is 11.9. The summed E-state index contributed by atoms with van der Waals surface area (Å²) < 4.78 is 0. The minimum absolute atomic E-state index is 0.388. The Morgan fingerprint density at radius 3 is 1.97 bits per heavy atom. The van der Waals surface area contributed by atoms with Gasteiger partial charge in [0.05, 0.1) is 0 Å². The van der Waals surface area contributed by atoms with Crippen LogP contribution in [0.4, 0.5) is 0 Å². The predicted octanol–water partition coefficient (Wildman–Crippen LogP) is 9.51. The van der Waals surface area contributed by atoms with E-state index in [-0.39, 0.29) is 0 Å². The zero-order valence-electron chi connectivity index (χ0n) is 22.7. The van der Waals surface area contributed by atoms with Crippen LogP contribution in [0.2, 0.25) is 0 Å². The molecule has 0 aromatic rings. The van der Waals surface area contributed by atoms with Crippen molar-refractivity contribution in [3.05, 3.63) is 71.5 Å². The smallest absolute Gasteiger partial charge is 0.0402 e. The summed E-state index contributed by atoms with van der Waals surface area (Å²) in [4.78, 5) is 0. The van der Waals surface area contributed by atoms with Crippen molar-refractivity contribution in [2.45, 2.75) is 88.5 Å². The summed E-state index contributed by atoms with van der Waals surface area (Å²) in [5.74, 6) is 1.06. The van der Waals surface area contributed by atoms with E-state index < -0.39 is 0 Å². The lowest BCUT2D eigenvalue weighted by Crippen LogP contribution is -2.20. The second-order valence-corrected chi connectivity index (χ2v) is 7.61. The van der Waals surface area contributed by atoms with Crippen LogP contribution in [0.1, 0.15) is 88.5 Å². The minimum atomic E-state index is 0.388. The van der Waals surface area contributed by atoms with Gasteiger partial charge in [0, 0.05) is 19.5 Å². The molecular weight excluding hydrogens is 376 g/mol. The molecule has 0 saturated heterocycles. The highest BCUT2D eigenvalue weighted by Crippen LogP contribution is 2.38. The van der Waals surface area contributed by atoms with Gasteiger partial charge in [-0.3, -0.25) is 5.01 Å². The zero-order valence-corrected chi connectivity index (χ0v) is 22.7. The van der Waals surface area contributed by atoms with Crippen LogP contribution in [-0.2, 0) is 0 Å². The Morgan fingerprint density at radius 2 is 1.61 bits per heavy atom. The van der Waals surface area contributed by atoms with E-state index in [0.29, 0.717) is 11.8 Å². The zero-order chi connectivity index (χ0) is 25.1. The highest BCUT2D eigenvalue weighted by atomic mass is 15.4. The predicted molar refractivity (Wildman–Crippen MR) is 147 cm³/mol. The van der Waals surface area contributed by atoms with Gasteiger partial charge in [-0.05, 0) is 74.2 Å². The lowest BCUT2D eigenvalue weighted by atomic mass is 9.80. The van der Waals surface area contributed by atoms with E-state index in [1.54, 1.807) is 0 Å². The summed E-state index contributed by atoms with van der Waals surface area (Å²) in [6.07, 6.45) is 9.43. The van der Waals surface area contributed by atoms with Crippen LogP contribution in [0.15, 0.2) is 76.6 Å². The third-order valence-electron chi connectivity index (χ3n) is 5.08. The molecule has 0 spiro atoms. The van der Waals surface area contributed by atoms with Gasteiger partial charge >= 0.3 is 0 Å². The van der Waals surface area contributed by atoms with Crippen molar-refractivity contribution in [3.63, 3.8) is 0 Å². The molecule has 2 heteroatoms. The van der Waals surface area contributed by atoms with Gasteiger partial charge in [-0.15, -0.1) is 0 Å². The molecule has 31 heavy (non-hydrogen) atoms. The lowest BCUT2D eigenvalue weighted by molar-refractivity contribution is 0.375. The fraction of sp³-hybridized carbons (Fsp3) is 0.552. The van der Waals surface area contributed by atoms with Gasteiger partial charge in [0.25, 0.3) is 0 Å². The fourth-order valence-electron chi connectivity index (χ4n) is 2.93. The molecule has 1 atom stereocenters. The van der Waals surface area contributed by atoms with E-state index in [1.165, 1.54) is 23.3 Å². The van der Waals surface area contributed by atoms with Crippen LogP contribution in [0.25, 0.3) is 0 Å². The highest BCUT2D eigenvalue weighted by Gasteiger charge is 2.24.